The Morgan fingerprint density at radius 1 is 1.42 bits per heavy atom. The van der Waals surface area contributed by atoms with Crippen molar-refractivity contribution in [3.63, 3.8) is 0 Å². The zero-order chi connectivity index (χ0) is 17.9. The van der Waals surface area contributed by atoms with Crippen LogP contribution in [0.15, 0.2) is 5.11 Å². The number of hydrogen-bond acceptors (Lipinski definition) is 7. The van der Waals surface area contributed by atoms with Crippen molar-refractivity contribution >= 4 is 25.8 Å². The summed E-state index contributed by atoms with van der Waals surface area (Å²) in [7, 11) is 5.18. The molecule has 1 fully saturated rings. The van der Waals surface area contributed by atoms with Crippen LogP contribution in [0.2, 0.25) is 0 Å². The maximum Gasteiger partial charge on any atom is 0.303 e. The summed E-state index contributed by atoms with van der Waals surface area (Å²) in [4.78, 5) is 14.4. The summed E-state index contributed by atoms with van der Waals surface area (Å²) in [5.74, 6) is 0.286. The highest BCUT2D eigenvalue weighted by molar-refractivity contribution is 7.99. The SMILES string of the molecule is [B]OCC1OC(SCC)C(N=[N+]=[N-])C(OCCCC)C1OC(C)=O. The fraction of sp³-hybridized carbons (Fsp3) is 0.929. The molecule has 1 saturated heterocycles. The average molecular weight is 357 g/mol. The van der Waals surface area contributed by atoms with Crippen molar-refractivity contribution in [3.05, 3.63) is 10.4 Å². The van der Waals surface area contributed by atoms with Crippen molar-refractivity contribution < 1.29 is 23.7 Å². The van der Waals surface area contributed by atoms with Crippen LogP contribution in [0.1, 0.15) is 33.6 Å². The highest BCUT2D eigenvalue weighted by atomic mass is 32.2. The maximum atomic E-state index is 11.5. The molecule has 5 atom stereocenters. The number of azide groups is 1. The molecule has 10 heteroatoms. The van der Waals surface area contributed by atoms with Crippen LogP contribution < -0.4 is 0 Å². The Hall–Kier alpha value is -0.925. The molecule has 1 rings (SSSR count). The molecule has 0 aromatic carbocycles. The first kappa shape index (κ1) is 21.1. The molecule has 0 spiro atoms. The van der Waals surface area contributed by atoms with Crippen molar-refractivity contribution in [1.82, 2.24) is 0 Å². The van der Waals surface area contributed by atoms with Gasteiger partial charge >= 0.3 is 5.97 Å². The molecule has 134 valence electrons. The number of carbonyl (C=O) groups excluding carboxylic acids is 1. The van der Waals surface area contributed by atoms with Gasteiger partial charge in [-0.1, -0.05) is 25.4 Å². The molecule has 0 aliphatic carbocycles. The lowest BCUT2D eigenvalue weighted by Gasteiger charge is -2.44. The smallest absolute Gasteiger partial charge is 0.303 e. The average Bonchev–Trinajstić information content (AvgIpc) is 2.53. The Labute approximate surface area is 148 Å². The van der Waals surface area contributed by atoms with E-state index in [1.165, 1.54) is 18.7 Å². The minimum absolute atomic E-state index is 0.0371. The number of nitrogens with zero attached hydrogens (tertiary/aromatic N) is 3. The summed E-state index contributed by atoms with van der Waals surface area (Å²) in [6.07, 6.45) is -0.173. The maximum absolute atomic E-state index is 11.5. The molecule has 5 unspecified atom stereocenters. The van der Waals surface area contributed by atoms with E-state index in [0.717, 1.165) is 18.6 Å². The van der Waals surface area contributed by atoms with Crippen molar-refractivity contribution in [2.24, 2.45) is 5.11 Å². The molecular weight excluding hydrogens is 333 g/mol. The third kappa shape index (κ3) is 6.18. The van der Waals surface area contributed by atoms with Crippen LogP contribution in [0.3, 0.4) is 0 Å². The Morgan fingerprint density at radius 3 is 2.71 bits per heavy atom. The molecule has 24 heavy (non-hydrogen) atoms. The first-order valence-corrected chi connectivity index (χ1v) is 9.05. The predicted molar refractivity (Wildman–Crippen MR) is 91.6 cm³/mol. The summed E-state index contributed by atoms with van der Waals surface area (Å²) in [6, 6.07) is -0.616. The van der Waals surface area contributed by atoms with E-state index >= 15 is 0 Å². The number of rotatable bonds is 10. The van der Waals surface area contributed by atoms with Gasteiger partial charge in [0.25, 0.3) is 8.05 Å². The van der Waals surface area contributed by atoms with E-state index in [0.29, 0.717) is 6.61 Å². The van der Waals surface area contributed by atoms with E-state index in [2.05, 4.69) is 10.0 Å². The van der Waals surface area contributed by atoms with Gasteiger partial charge in [0, 0.05) is 18.4 Å². The lowest BCUT2D eigenvalue weighted by Crippen LogP contribution is -2.59. The summed E-state index contributed by atoms with van der Waals surface area (Å²) in [6.45, 7) is 5.83. The van der Waals surface area contributed by atoms with Gasteiger partial charge in [0.15, 0.2) is 6.10 Å². The lowest BCUT2D eigenvalue weighted by molar-refractivity contribution is -0.202. The van der Waals surface area contributed by atoms with E-state index < -0.39 is 35.8 Å². The van der Waals surface area contributed by atoms with Gasteiger partial charge < -0.3 is 18.9 Å². The topological polar surface area (TPSA) is 103 Å². The molecule has 1 aliphatic heterocycles. The quantitative estimate of drug-likeness (QED) is 0.148. The van der Waals surface area contributed by atoms with Gasteiger partial charge in [0.2, 0.25) is 0 Å². The normalized spacial score (nSPS) is 29.7. The standard InChI is InChI=1S/C14H24BN3O5S/c1-4-6-7-20-13-11(17-18-16)14(24-5-2)23-10(8-21-15)12(13)22-9(3)19/h10-14H,4-8H2,1-3H3. The molecule has 0 aromatic rings. The summed E-state index contributed by atoms with van der Waals surface area (Å²) >= 11 is 1.49. The van der Waals surface area contributed by atoms with Crippen molar-refractivity contribution in [2.45, 2.75) is 63.4 Å². The van der Waals surface area contributed by atoms with Crippen LogP contribution in [0, 0.1) is 0 Å². The van der Waals surface area contributed by atoms with Crippen LogP contribution in [-0.2, 0) is 23.7 Å². The zero-order valence-electron chi connectivity index (χ0n) is 14.3. The van der Waals surface area contributed by atoms with Crippen LogP contribution in [0.4, 0.5) is 0 Å². The second-order valence-corrected chi connectivity index (χ2v) is 6.67. The summed E-state index contributed by atoms with van der Waals surface area (Å²) in [5.41, 5.74) is 8.49. The Bertz CT molecular complexity index is 439. The molecule has 1 aliphatic rings. The largest absolute Gasteiger partial charge is 0.457 e. The number of hydrogen-bond donors (Lipinski definition) is 0. The van der Waals surface area contributed by atoms with E-state index in [-0.39, 0.29) is 6.61 Å². The number of carbonyl (C=O) groups is 1. The molecule has 1 heterocycles. The van der Waals surface area contributed by atoms with E-state index in [1.54, 1.807) is 0 Å². The minimum atomic E-state index is -0.757. The molecule has 0 aromatic heterocycles. The summed E-state index contributed by atoms with van der Waals surface area (Å²) < 4.78 is 21.9. The third-order valence-electron chi connectivity index (χ3n) is 3.50. The van der Waals surface area contributed by atoms with Crippen molar-refractivity contribution in [3.8, 4) is 0 Å². The predicted octanol–water partition coefficient (Wildman–Crippen LogP) is 2.36. The van der Waals surface area contributed by atoms with E-state index in [9.17, 15) is 4.79 Å². The van der Waals surface area contributed by atoms with Gasteiger partial charge in [-0.2, -0.15) is 0 Å². The Balaban J connectivity index is 3.09. The van der Waals surface area contributed by atoms with Gasteiger partial charge in [0.05, 0.1) is 6.61 Å². The monoisotopic (exact) mass is 357 g/mol. The first-order chi connectivity index (χ1) is 11.6. The Kier molecular flexibility index (Phi) is 10.2. The lowest BCUT2D eigenvalue weighted by atomic mass is 9.98. The van der Waals surface area contributed by atoms with Gasteiger partial charge in [-0.15, -0.1) is 11.8 Å². The zero-order valence-corrected chi connectivity index (χ0v) is 15.1. The van der Waals surface area contributed by atoms with E-state index in [4.69, 9.17) is 32.4 Å². The van der Waals surface area contributed by atoms with Crippen LogP contribution >= 0.6 is 11.8 Å². The second-order valence-electron chi connectivity index (χ2n) is 5.29. The molecule has 0 amide bonds. The highest BCUT2D eigenvalue weighted by Crippen LogP contribution is 2.34. The van der Waals surface area contributed by atoms with Gasteiger partial charge in [-0.05, 0) is 17.7 Å². The number of esters is 1. The molecule has 0 bridgehead atoms. The summed E-state index contributed by atoms with van der Waals surface area (Å²) in [5, 5.41) is 3.84. The van der Waals surface area contributed by atoms with Crippen LogP contribution in [-0.4, -0.2) is 62.8 Å². The van der Waals surface area contributed by atoms with Gasteiger partial charge in [-0.3, -0.25) is 4.79 Å². The fourth-order valence-corrected chi connectivity index (χ4v) is 3.45. The van der Waals surface area contributed by atoms with Crippen molar-refractivity contribution in [1.29, 1.82) is 0 Å². The van der Waals surface area contributed by atoms with E-state index in [1.807, 2.05) is 13.8 Å². The highest BCUT2D eigenvalue weighted by Gasteiger charge is 2.48. The molecule has 2 radical (unpaired) electrons. The van der Waals surface area contributed by atoms with Gasteiger partial charge in [0.1, 0.15) is 23.7 Å². The third-order valence-corrected chi connectivity index (χ3v) is 4.55. The Morgan fingerprint density at radius 2 is 2.17 bits per heavy atom. The number of ether oxygens (including phenoxy) is 3. The molecular formula is C14H24BN3O5S. The van der Waals surface area contributed by atoms with Gasteiger partial charge in [-0.25, -0.2) is 0 Å². The second kappa shape index (κ2) is 11.6. The minimum Gasteiger partial charge on any atom is -0.457 e. The van der Waals surface area contributed by atoms with Crippen LogP contribution in [0.25, 0.3) is 10.4 Å². The number of thioether (sulfide) groups is 1. The first-order valence-electron chi connectivity index (χ1n) is 8.00. The van der Waals surface area contributed by atoms with Crippen LogP contribution in [0.5, 0.6) is 0 Å². The number of unbranched alkanes of at least 4 members (excludes halogenated alkanes) is 1. The van der Waals surface area contributed by atoms with Crippen molar-refractivity contribution in [2.75, 3.05) is 19.0 Å². The molecule has 8 nitrogen and oxygen atoms in total. The molecule has 0 saturated carbocycles. The fourth-order valence-electron chi connectivity index (χ4n) is 2.49. The molecule has 0 N–H and O–H groups in total.